The first-order valence-corrected chi connectivity index (χ1v) is 4.83. The van der Waals surface area contributed by atoms with Crippen molar-refractivity contribution in [3.05, 3.63) is 0 Å². The molecule has 3 N–H and O–H groups in total. The van der Waals surface area contributed by atoms with Gasteiger partial charge in [0.2, 0.25) is 0 Å². The molecule has 6 heteroatoms. The highest BCUT2D eigenvalue weighted by Crippen LogP contribution is 1.95. The van der Waals surface area contributed by atoms with Crippen molar-refractivity contribution in [2.75, 3.05) is 6.61 Å². The molecule has 0 aromatic rings. The van der Waals surface area contributed by atoms with Crippen LogP contribution in [0.3, 0.4) is 0 Å². The van der Waals surface area contributed by atoms with Crippen LogP contribution in [0.1, 0.15) is 26.7 Å². The maximum atomic E-state index is 11.0. The first-order valence-electron chi connectivity index (χ1n) is 4.83. The number of carbonyl (C=O) groups excluding carboxylic acids is 1. The SMILES string of the molecule is CCCCOC(=O)NC(C(=O)O)C(C)O. The summed E-state index contributed by atoms with van der Waals surface area (Å²) >= 11 is 0. The Bertz CT molecular complexity index is 217. The van der Waals surface area contributed by atoms with Crippen molar-refractivity contribution in [2.45, 2.75) is 38.8 Å². The fourth-order valence-electron chi connectivity index (χ4n) is 0.867. The average Bonchev–Trinajstić information content (AvgIpc) is 2.13. The minimum absolute atomic E-state index is 0.245. The molecule has 2 unspecified atom stereocenters. The van der Waals surface area contributed by atoms with E-state index in [-0.39, 0.29) is 6.61 Å². The van der Waals surface area contributed by atoms with Gasteiger partial charge in [0.05, 0.1) is 12.7 Å². The number of nitrogens with one attached hydrogen (secondary N) is 1. The largest absolute Gasteiger partial charge is 0.480 e. The van der Waals surface area contributed by atoms with Crippen LogP contribution in [0.4, 0.5) is 4.79 Å². The zero-order valence-electron chi connectivity index (χ0n) is 8.90. The number of amides is 1. The summed E-state index contributed by atoms with van der Waals surface area (Å²) < 4.78 is 4.69. The summed E-state index contributed by atoms with van der Waals surface area (Å²) in [7, 11) is 0. The Morgan fingerprint density at radius 2 is 2.07 bits per heavy atom. The molecule has 0 aliphatic heterocycles. The van der Waals surface area contributed by atoms with E-state index in [0.717, 1.165) is 12.8 Å². The Labute approximate surface area is 88.2 Å². The van der Waals surface area contributed by atoms with Crippen LogP contribution in [-0.4, -0.2) is 41.0 Å². The Balaban J connectivity index is 3.95. The van der Waals surface area contributed by atoms with Crippen molar-refractivity contribution < 1.29 is 24.5 Å². The molecule has 0 saturated heterocycles. The average molecular weight is 219 g/mol. The second-order valence-electron chi connectivity index (χ2n) is 3.19. The minimum Gasteiger partial charge on any atom is -0.480 e. The van der Waals surface area contributed by atoms with Crippen LogP contribution in [0, 0.1) is 0 Å². The molecule has 0 radical (unpaired) electrons. The van der Waals surface area contributed by atoms with E-state index in [9.17, 15) is 9.59 Å². The first-order chi connectivity index (χ1) is 6.99. The summed E-state index contributed by atoms with van der Waals surface area (Å²) in [4.78, 5) is 21.6. The molecule has 0 aromatic heterocycles. The third-order valence-electron chi connectivity index (χ3n) is 1.75. The van der Waals surface area contributed by atoms with Gasteiger partial charge in [0.25, 0.3) is 0 Å². The Hall–Kier alpha value is -1.30. The van der Waals surface area contributed by atoms with Gasteiger partial charge in [-0.1, -0.05) is 13.3 Å². The molecule has 2 atom stereocenters. The van der Waals surface area contributed by atoms with Gasteiger partial charge < -0.3 is 20.3 Å². The number of aliphatic carboxylic acids is 1. The molecule has 0 heterocycles. The van der Waals surface area contributed by atoms with Crippen molar-refractivity contribution in [3.8, 4) is 0 Å². The highest BCUT2D eigenvalue weighted by Gasteiger charge is 2.25. The summed E-state index contributed by atoms with van der Waals surface area (Å²) in [6, 6.07) is -1.33. The van der Waals surface area contributed by atoms with Gasteiger partial charge in [-0.3, -0.25) is 0 Å². The quantitative estimate of drug-likeness (QED) is 0.560. The van der Waals surface area contributed by atoms with Crippen LogP contribution in [-0.2, 0) is 9.53 Å². The number of unbranched alkanes of at least 4 members (excludes halogenated alkanes) is 1. The van der Waals surface area contributed by atoms with Crippen molar-refractivity contribution >= 4 is 12.1 Å². The normalized spacial score (nSPS) is 14.1. The van der Waals surface area contributed by atoms with Gasteiger partial charge in [-0.25, -0.2) is 9.59 Å². The van der Waals surface area contributed by atoms with Gasteiger partial charge in [0.1, 0.15) is 0 Å². The topological polar surface area (TPSA) is 95.9 Å². The molecule has 0 aromatic carbocycles. The number of ether oxygens (including phenoxy) is 1. The van der Waals surface area contributed by atoms with E-state index >= 15 is 0 Å². The first kappa shape index (κ1) is 13.7. The van der Waals surface area contributed by atoms with Gasteiger partial charge in [-0.2, -0.15) is 0 Å². The predicted octanol–water partition coefficient (Wildman–Crippen LogP) is 0.347. The lowest BCUT2D eigenvalue weighted by Crippen LogP contribution is -2.47. The Kier molecular flexibility index (Phi) is 6.44. The summed E-state index contributed by atoms with van der Waals surface area (Å²) in [5.41, 5.74) is 0. The molecular formula is C9H17NO5. The molecule has 1 amide bonds. The molecule has 0 aliphatic carbocycles. The fraction of sp³-hybridized carbons (Fsp3) is 0.778. The molecule has 6 nitrogen and oxygen atoms in total. The van der Waals surface area contributed by atoms with E-state index in [2.05, 4.69) is 10.1 Å². The van der Waals surface area contributed by atoms with E-state index in [4.69, 9.17) is 10.2 Å². The lowest BCUT2D eigenvalue weighted by atomic mass is 10.2. The van der Waals surface area contributed by atoms with Crippen LogP contribution in [0.5, 0.6) is 0 Å². The lowest BCUT2D eigenvalue weighted by molar-refractivity contribution is -0.142. The fourth-order valence-corrected chi connectivity index (χ4v) is 0.867. The van der Waals surface area contributed by atoms with E-state index in [1.807, 2.05) is 6.92 Å². The minimum atomic E-state index is -1.33. The Morgan fingerprint density at radius 1 is 1.47 bits per heavy atom. The van der Waals surface area contributed by atoms with Crippen molar-refractivity contribution in [3.63, 3.8) is 0 Å². The number of carboxylic acids is 1. The molecular weight excluding hydrogens is 202 g/mol. The van der Waals surface area contributed by atoms with Crippen LogP contribution in [0.15, 0.2) is 0 Å². The molecule has 0 spiro atoms. The Morgan fingerprint density at radius 3 is 2.47 bits per heavy atom. The number of hydrogen-bond donors (Lipinski definition) is 3. The second-order valence-corrected chi connectivity index (χ2v) is 3.19. The number of aliphatic hydroxyl groups excluding tert-OH is 1. The van der Waals surface area contributed by atoms with Crippen molar-refractivity contribution in [1.29, 1.82) is 0 Å². The molecule has 0 rings (SSSR count). The maximum absolute atomic E-state index is 11.0. The molecule has 88 valence electrons. The number of carboxylic acid groups (broad SMARTS) is 1. The van der Waals surface area contributed by atoms with E-state index in [1.54, 1.807) is 0 Å². The van der Waals surface area contributed by atoms with E-state index in [0.29, 0.717) is 0 Å². The van der Waals surface area contributed by atoms with E-state index in [1.165, 1.54) is 6.92 Å². The predicted molar refractivity (Wildman–Crippen MR) is 52.5 cm³/mol. The van der Waals surface area contributed by atoms with E-state index < -0.39 is 24.2 Å². The number of carbonyl (C=O) groups is 2. The van der Waals surface area contributed by atoms with Gasteiger partial charge in [0, 0.05) is 0 Å². The van der Waals surface area contributed by atoms with Crippen LogP contribution in [0.25, 0.3) is 0 Å². The molecule has 0 bridgehead atoms. The van der Waals surface area contributed by atoms with Crippen molar-refractivity contribution in [1.82, 2.24) is 5.32 Å². The highest BCUT2D eigenvalue weighted by atomic mass is 16.5. The monoisotopic (exact) mass is 219 g/mol. The molecule has 0 aliphatic rings. The number of alkyl carbamates (subject to hydrolysis) is 1. The van der Waals surface area contributed by atoms with Gasteiger partial charge >= 0.3 is 12.1 Å². The zero-order chi connectivity index (χ0) is 11.8. The highest BCUT2D eigenvalue weighted by molar-refractivity contribution is 5.80. The lowest BCUT2D eigenvalue weighted by Gasteiger charge is -2.16. The van der Waals surface area contributed by atoms with Gasteiger partial charge in [0.15, 0.2) is 6.04 Å². The standard InChI is InChI=1S/C9H17NO5/c1-3-4-5-15-9(14)10-7(6(2)11)8(12)13/h6-7,11H,3-5H2,1-2H3,(H,10,14)(H,12,13). The molecule has 0 saturated carbocycles. The van der Waals surface area contributed by atoms with Gasteiger partial charge in [-0.05, 0) is 13.3 Å². The van der Waals surface area contributed by atoms with Crippen LogP contribution >= 0.6 is 0 Å². The van der Waals surface area contributed by atoms with Crippen LogP contribution in [0.2, 0.25) is 0 Å². The third-order valence-corrected chi connectivity index (χ3v) is 1.75. The van der Waals surface area contributed by atoms with Gasteiger partial charge in [-0.15, -0.1) is 0 Å². The summed E-state index contributed by atoms with van der Waals surface area (Å²) in [5.74, 6) is -1.29. The molecule has 15 heavy (non-hydrogen) atoms. The summed E-state index contributed by atoms with van der Waals surface area (Å²) in [5, 5.41) is 19.7. The summed E-state index contributed by atoms with van der Waals surface area (Å²) in [6.45, 7) is 3.47. The third kappa shape index (κ3) is 5.90. The number of rotatable bonds is 6. The van der Waals surface area contributed by atoms with Crippen molar-refractivity contribution in [2.24, 2.45) is 0 Å². The summed E-state index contributed by atoms with van der Waals surface area (Å²) in [6.07, 6.45) is -0.385. The smallest absolute Gasteiger partial charge is 0.407 e. The number of hydrogen-bond acceptors (Lipinski definition) is 4. The second kappa shape index (κ2) is 7.05. The zero-order valence-corrected chi connectivity index (χ0v) is 8.90. The van der Waals surface area contributed by atoms with Crippen LogP contribution < -0.4 is 5.32 Å². The number of aliphatic hydroxyl groups is 1. The molecule has 0 fully saturated rings. The maximum Gasteiger partial charge on any atom is 0.407 e.